The standard InChI is InChI=1S/C17H19F3N2O3S/c1-3-26(24,25)11-12(2)21-16(23)13-8-14(17(18,19)20)10-15(9-13)22-6-4-5-7-22/h4-10,12H,3,11H2,1-2H3,(H,21,23). The third kappa shape index (κ3) is 5.10. The quantitative estimate of drug-likeness (QED) is 0.827. The molecule has 5 nitrogen and oxygen atoms in total. The molecule has 1 N–H and O–H groups in total. The van der Waals surface area contributed by atoms with E-state index in [1.807, 2.05) is 0 Å². The van der Waals surface area contributed by atoms with Crippen LogP contribution < -0.4 is 5.32 Å². The molecule has 0 bridgehead atoms. The van der Waals surface area contributed by atoms with Crippen LogP contribution in [0.1, 0.15) is 29.8 Å². The molecule has 0 spiro atoms. The van der Waals surface area contributed by atoms with Gasteiger partial charge in [0.15, 0.2) is 9.84 Å². The van der Waals surface area contributed by atoms with E-state index in [4.69, 9.17) is 0 Å². The molecule has 2 aromatic rings. The number of sulfone groups is 1. The Morgan fingerprint density at radius 2 is 1.81 bits per heavy atom. The maximum absolute atomic E-state index is 13.2. The minimum absolute atomic E-state index is 0.0749. The van der Waals surface area contributed by atoms with Gasteiger partial charge in [0.1, 0.15) is 0 Å². The van der Waals surface area contributed by atoms with Gasteiger partial charge in [-0.15, -0.1) is 0 Å². The monoisotopic (exact) mass is 388 g/mol. The maximum atomic E-state index is 13.2. The normalized spacial score (nSPS) is 13.4. The van der Waals surface area contributed by atoms with E-state index >= 15 is 0 Å². The van der Waals surface area contributed by atoms with E-state index in [9.17, 15) is 26.4 Å². The van der Waals surface area contributed by atoms with Crippen LogP contribution in [0.3, 0.4) is 0 Å². The van der Waals surface area contributed by atoms with E-state index in [1.54, 1.807) is 24.5 Å². The highest BCUT2D eigenvalue weighted by molar-refractivity contribution is 7.91. The first kappa shape index (κ1) is 20.0. The van der Waals surface area contributed by atoms with Crippen LogP contribution in [0, 0.1) is 0 Å². The number of hydrogen-bond acceptors (Lipinski definition) is 3. The number of rotatable bonds is 6. The maximum Gasteiger partial charge on any atom is 0.416 e. The van der Waals surface area contributed by atoms with Crippen LogP contribution in [0.2, 0.25) is 0 Å². The highest BCUT2D eigenvalue weighted by atomic mass is 32.2. The second-order valence-electron chi connectivity index (χ2n) is 5.93. The molecular weight excluding hydrogens is 369 g/mol. The molecule has 1 amide bonds. The Morgan fingerprint density at radius 3 is 2.35 bits per heavy atom. The van der Waals surface area contributed by atoms with Crippen molar-refractivity contribution in [1.29, 1.82) is 0 Å². The minimum atomic E-state index is -4.62. The Kier molecular flexibility index (Phi) is 5.80. The van der Waals surface area contributed by atoms with Gasteiger partial charge in [0.25, 0.3) is 5.91 Å². The summed E-state index contributed by atoms with van der Waals surface area (Å²) < 4.78 is 64.2. The molecule has 0 fully saturated rings. The zero-order chi connectivity index (χ0) is 19.5. The van der Waals surface area contributed by atoms with Gasteiger partial charge in [0.2, 0.25) is 0 Å². The number of halogens is 3. The lowest BCUT2D eigenvalue weighted by atomic mass is 10.1. The highest BCUT2D eigenvalue weighted by Gasteiger charge is 2.32. The lowest BCUT2D eigenvalue weighted by Gasteiger charge is -2.16. The van der Waals surface area contributed by atoms with Crippen molar-refractivity contribution in [3.8, 4) is 5.69 Å². The number of amides is 1. The van der Waals surface area contributed by atoms with Crippen LogP contribution in [-0.2, 0) is 16.0 Å². The number of benzene rings is 1. The fourth-order valence-electron chi connectivity index (χ4n) is 2.41. The molecule has 1 aromatic carbocycles. The number of nitrogens with zero attached hydrogens (tertiary/aromatic N) is 1. The third-order valence-corrected chi connectivity index (χ3v) is 5.62. The van der Waals surface area contributed by atoms with Gasteiger partial charge in [-0.3, -0.25) is 4.79 Å². The summed E-state index contributed by atoms with van der Waals surface area (Å²) in [7, 11) is -3.32. The van der Waals surface area contributed by atoms with Gasteiger partial charge in [0.05, 0.1) is 11.3 Å². The van der Waals surface area contributed by atoms with Gasteiger partial charge < -0.3 is 9.88 Å². The van der Waals surface area contributed by atoms with E-state index in [0.717, 1.165) is 12.1 Å². The molecule has 1 aromatic heterocycles. The second-order valence-corrected chi connectivity index (χ2v) is 8.33. The van der Waals surface area contributed by atoms with Crippen molar-refractivity contribution in [1.82, 2.24) is 9.88 Å². The minimum Gasteiger partial charge on any atom is -0.349 e. The fourth-order valence-corrected chi connectivity index (χ4v) is 3.49. The zero-order valence-electron chi connectivity index (χ0n) is 14.2. The van der Waals surface area contributed by atoms with Crippen LogP contribution >= 0.6 is 0 Å². The topological polar surface area (TPSA) is 68.2 Å². The summed E-state index contributed by atoms with van der Waals surface area (Å²) in [5, 5.41) is 2.44. The summed E-state index contributed by atoms with van der Waals surface area (Å²) in [6.45, 7) is 2.98. The third-order valence-electron chi connectivity index (χ3n) is 3.73. The molecule has 26 heavy (non-hydrogen) atoms. The van der Waals surface area contributed by atoms with Gasteiger partial charge in [-0.2, -0.15) is 13.2 Å². The number of carbonyl (C=O) groups excluding carboxylic acids is 1. The summed E-state index contributed by atoms with van der Waals surface area (Å²) in [5.41, 5.74) is -0.962. The Bertz CT molecular complexity index is 875. The molecule has 1 heterocycles. The smallest absolute Gasteiger partial charge is 0.349 e. The van der Waals surface area contributed by atoms with Crippen molar-refractivity contribution in [2.45, 2.75) is 26.1 Å². The van der Waals surface area contributed by atoms with E-state index in [1.165, 1.54) is 24.5 Å². The van der Waals surface area contributed by atoms with Crippen LogP contribution in [0.5, 0.6) is 0 Å². The van der Waals surface area contributed by atoms with Gasteiger partial charge in [-0.25, -0.2) is 8.42 Å². The predicted octanol–water partition coefficient (Wildman–Crippen LogP) is 3.05. The first-order valence-corrected chi connectivity index (χ1v) is 9.71. The summed E-state index contributed by atoms with van der Waals surface area (Å²) in [6, 6.07) is 5.60. The number of aromatic nitrogens is 1. The van der Waals surface area contributed by atoms with E-state index in [2.05, 4.69) is 5.32 Å². The molecule has 0 radical (unpaired) electrons. The average Bonchev–Trinajstić information content (AvgIpc) is 3.07. The van der Waals surface area contributed by atoms with E-state index in [0.29, 0.717) is 0 Å². The van der Waals surface area contributed by atoms with Crippen molar-refractivity contribution in [2.24, 2.45) is 0 Å². The molecule has 9 heteroatoms. The number of hydrogen-bond donors (Lipinski definition) is 1. The van der Waals surface area contributed by atoms with Gasteiger partial charge in [-0.1, -0.05) is 6.92 Å². The van der Waals surface area contributed by atoms with Crippen molar-refractivity contribution < 1.29 is 26.4 Å². The zero-order valence-corrected chi connectivity index (χ0v) is 15.1. The average molecular weight is 388 g/mol. The number of alkyl halides is 3. The molecule has 0 saturated carbocycles. The Hall–Kier alpha value is -2.29. The fraction of sp³-hybridized carbons (Fsp3) is 0.353. The first-order valence-electron chi connectivity index (χ1n) is 7.89. The summed E-state index contributed by atoms with van der Waals surface area (Å²) in [5.74, 6) is -1.11. The van der Waals surface area contributed by atoms with Gasteiger partial charge in [-0.05, 0) is 37.3 Å². The lowest BCUT2D eigenvalue weighted by molar-refractivity contribution is -0.137. The predicted molar refractivity (Wildman–Crippen MR) is 92.0 cm³/mol. The molecule has 0 aliphatic rings. The Morgan fingerprint density at radius 1 is 1.19 bits per heavy atom. The highest BCUT2D eigenvalue weighted by Crippen LogP contribution is 2.31. The van der Waals surface area contributed by atoms with Crippen molar-refractivity contribution in [3.63, 3.8) is 0 Å². The van der Waals surface area contributed by atoms with Crippen LogP contribution in [0.15, 0.2) is 42.7 Å². The van der Waals surface area contributed by atoms with E-state index < -0.39 is 33.5 Å². The molecule has 0 aliphatic heterocycles. The van der Waals surface area contributed by atoms with Crippen LogP contribution in [0.4, 0.5) is 13.2 Å². The lowest BCUT2D eigenvalue weighted by Crippen LogP contribution is -2.38. The summed E-state index contributed by atoms with van der Waals surface area (Å²) >= 11 is 0. The van der Waals surface area contributed by atoms with Crippen molar-refractivity contribution in [2.75, 3.05) is 11.5 Å². The van der Waals surface area contributed by atoms with Crippen LogP contribution in [-0.4, -0.2) is 36.4 Å². The van der Waals surface area contributed by atoms with Crippen LogP contribution in [0.25, 0.3) is 5.69 Å². The number of nitrogens with one attached hydrogen (secondary N) is 1. The summed E-state index contributed by atoms with van der Waals surface area (Å²) in [6.07, 6.45) is -1.49. The van der Waals surface area contributed by atoms with Gasteiger partial charge >= 0.3 is 6.18 Å². The summed E-state index contributed by atoms with van der Waals surface area (Å²) in [4.78, 5) is 12.3. The first-order chi connectivity index (χ1) is 12.0. The number of carbonyl (C=O) groups is 1. The van der Waals surface area contributed by atoms with Gasteiger partial charge in [0, 0.05) is 35.4 Å². The molecule has 1 unspecified atom stereocenters. The second kappa shape index (κ2) is 7.53. The Labute approximate surface area is 149 Å². The largest absolute Gasteiger partial charge is 0.416 e. The SMILES string of the molecule is CCS(=O)(=O)CC(C)NC(=O)c1cc(-n2cccc2)cc(C(F)(F)F)c1. The molecular formula is C17H19F3N2O3S. The van der Waals surface area contributed by atoms with Crippen molar-refractivity contribution >= 4 is 15.7 Å². The Balaban J connectivity index is 2.33. The molecule has 2 rings (SSSR count). The molecule has 0 saturated heterocycles. The van der Waals surface area contributed by atoms with Crippen molar-refractivity contribution in [3.05, 3.63) is 53.9 Å². The molecule has 142 valence electrons. The van der Waals surface area contributed by atoms with E-state index in [-0.39, 0.29) is 22.8 Å². The molecule has 1 atom stereocenters. The molecule has 0 aliphatic carbocycles.